The lowest BCUT2D eigenvalue weighted by Gasteiger charge is -2.43. The van der Waals surface area contributed by atoms with E-state index >= 15 is 0 Å². The summed E-state index contributed by atoms with van der Waals surface area (Å²) >= 11 is 0. The third-order valence-corrected chi connectivity index (χ3v) is 3.97. The highest BCUT2D eigenvalue weighted by Crippen LogP contribution is 2.44. The molecule has 0 spiro atoms. The smallest absolute Gasteiger partial charge is 0.314 e. The first kappa shape index (κ1) is 20.2. The predicted molar refractivity (Wildman–Crippen MR) is 85.3 cm³/mol. The SMILES string of the molecule is CC(C)(C)[C@H](c1c(F)cccc1C(F)(F)F)N1CCNCC1.Cl. The first-order valence-corrected chi connectivity index (χ1v) is 7.43. The van der Waals surface area contributed by atoms with Gasteiger partial charge in [0.05, 0.1) is 5.56 Å². The molecule has 0 aromatic heterocycles. The molecule has 2 nitrogen and oxygen atoms in total. The van der Waals surface area contributed by atoms with E-state index < -0.39 is 29.0 Å². The van der Waals surface area contributed by atoms with Crippen LogP contribution in [0.2, 0.25) is 0 Å². The fourth-order valence-corrected chi connectivity index (χ4v) is 3.17. The maximum Gasteiger partial charge on any atom is 0.416 e. The Morgan fingerprint density at radius 2 is 1.65 bits per heavy atom. The van der Waals surface area contributed by atoms with E-state index in [0.29, 0.717) is 26.2 Å². The van der Waals surface area contributed by atoms with Gasteiger partial charge >= 0.3 is 6.18 Å². The Morgan fingerprint density at radius 1 is 1.09 bits per heavy atom. The molecular formula is C16H23ClF4N2. The van der Waals surface area contributed by atoms with Crippen LogP contribution in [0.15, 0.2) is 18.2 Å². The Morgan fingerprint density at radius 3 is 2.13 bits per heavy atom. The van der Waals surface area contributed by atoms with Gasteiger partial charge in [0.15, 0.2) is 0 Å². The third kappa shape index (κ3) is 4.58. The van der Waals surface area contributed by atoms with Gasteiger partial charge in [-0.2, -0.15) is 13.2 Å². The third-order valence-electron chi connectivity index (χ3n) is 3.97. The molecule has 1 atom stereocenters. The highest BCUT2D eigenvalue weighted by atomic mass is 35.5. The number of hydrogen-bond donors (Lipinski definition) is 1. The Kier molecular flexibility index (Phi) is 6.47. The van der Waals surface area contributed by atoms with Crippen LogP contribution in [0.4, 0.5) is 17.6 Å². The number of nitrogens with one attached hydrogen (secondary N) is 1. The van der Waals surface area contributed by atoms with E-state index in [2.05, 4.69) is 5.32 Å². The number of benzene rings is 1. The van der Waals surface area contributed by atoms with Gasteiger partial charge in [-0.3, -0.25) is 4.90 Å². The van der Waals surface area contributed by atoms with E-state index in [1.54, 1.807) is 0 Å². The van der Waals surface area contributed by atoms with Crippen LogP contribution in [0, 0.1) is 11.2 Å². The van der Waals surface area contributed by atoms with E-state index in [0.717, 1.165) is 18.2 Å². The zero-order valence-corrected chi connectivity index (χ0v) is 14.3. The summed E-state index contributed by atoms with van der Waals surface area (Å²) in [4.78, 5) is 1.95. The van der Waals surface area contributed by atoms with Crippen molar-refractivity contribution >= 4 is 12.4 Å². The van der Waals surface area contributed by atoms with E-state index in [1.165, 1.54) is 0 Å². The molecule has 1 fully saturated rings. The minimum atomic E-state index is -4.56. The van der Waals surface area contributed by atoms with Crippen molar-refractivity contribution in [3.63, 3.8) is 0 Å². The largest absolute Gasteiger partial charge is 0.416 e. The van der Waals surface area contributed by atoms with Crippen molar-refractivity contribution in [1.29, 1.82) is 0 Å². The lowest BCUT2D eigenvalue weighted by Crippen LogP contribution is -2.49. The molecule has 0 aliphatic carbocycles. The summed E-state index contributed by atoms with van der Waals surface area (Å²) in [5.74, 6) is -0.784. The Labute approximate surface area is 140 Å². The summed E-state index contributed by atoms with van der Waals surface area (Å²) in [7, 11) is 0. The predicted octanol–water partition coefficient (Wildman–Crippen LogP) is 4.26. The Hall–Kier alpha value is -0.850. The topological polar surface area (TPSA) is 15.3 Å². The fourth-order valence-electron chi connectivity index (χ4n) is 3.17. The zero-order valence-electron chi connectivity index (χ0n) is 13.5. The Bertz CT molecular complexity index is 520. The zero-order chi connectivity index (χ0) is 16.5. The van der Waals surface area contributed by atoms with Crippen LogP contribution in [-0.4, -0.2) is 31.1 Å². The van der Waals surface area contributed by atoms with Crippen LogP contribution in [0.25, 0.3) is 0 Å². The second kappa shape index (κ2) is 7.36. The molecule has 7 heteroatoms. The molecule has 132 valence electrons. The quantitative estimate of drug-likeness (QED) is 0.798. The molecule has 1 aromatic carbocycles. The van der Waals surface area contributed by atoms with Gasteiger partial charge in [0.25, 0.3) is 0 Å². The van der Waals surface area contributed by atoms with E-state index in [4.69, 9.17) is 0 Å². The molecule has 2 rings (SSSR count). The molecule has 1 aliphatic heterocycles. The van der Waals surface area contributed by atoms with Crippen molar-refractivity contribution in [2.24, 2.45) is 5.41 Å². The maximum absolute atomic E-state index is 14.4. The van der Waals surface area contributed by atoms with Gasteiger partial charge in [0, 0.05) is 37.8 Å². The van der Waals surface area contributed by atoms with Crippen LogP contribution in [0.3, 0.4) is 0 Å². The van der Waals surface area contributed by atoms with Gasteiger partial charge < -0.3 is 5.32 Å². The van der Waals surface area contributed by atoms with Gasteiger partial charge in [-0.15, -0.1) is 12.4 Å². The minimum absolute atomic E-state index is 0. The van der Waals surface area contributed by atoms with Crippen molar-refractivity contribution in [3.05, 3.63) is 35.1 Å². The van der Waals surface area contributed by atoms with E-state index in [-0.39, 0.29) is 18.0 Å². The van der Waals surface area contributed by atoms with Gasteiger partial charge in [-0.05, 0) is 17.5 Å². The number of halogens is 5. The molecular weight excluding hydrogens is 332 g/mol. The summed E-state index contributed by atoms with van der Waals surface area (Å²) in [6.45, 7) is 8.16. The van der Waals surface area contributed by atoms with Crippen LogP contribution < -0.4 is 5.32 Å². The van der Waals surface area contributed by atoms with Gasteiger partial charge in [0.2, 0.25) is 0 Å². The van der Waals surface area contributed by atoms with Crippen LogP contribution in [-0.2, 0) is 6.18 Å². The highest BCUT2D eigenvalue weighted by Gasteiger charge is 2.42. The average Bonchev–Trinajstić information content (AvgIpc) is 2.39. The fraction of sp³-hybridized carbons (Fsp3) is 0.625. The molecule has 0 bridgehead atoms. The summed E-state index contributed by atoms with van der Waals surface area (Å²) in [5.41, 5.74) is -1.62. The number of rotatable bonds is 2. The van der Waals surface area contributed by atoms with E-state index in [1.807, 2.05) is 25.7 Å². The molecule has 0 amide bonds. The first-order valence-electron chi connectivity index (χ1n) is 7.43. The number of hydrogen-bond acceptors (Lipinski definition) is 2. The van der Waals surface area contributed by atoms with Crippen LogP contribution >= 0.6 is 12.4 Å². The minimum Gasteiger partial charge on any atom is -0.314 e. The van der Waals surface area contributed by atoms with Gasteiger partial charge in [-0.25, -0.2) is 4.39 Å². The average molecular weight is 355 g/mol. The standard InChI is InChI=1S/C16H22F4N2.ClH/c1-15(2,3)14(22-9-7-21-8-10-22)13-11(16(18,19)20)5-4-6-12(13)17;/h4-6,14,21H,7-10H2,1-3H3;1H/t14-;/m0./s1. The van der Waals surface area contributed by atoms with Gasteiger partial charge in [0.1, 0.15) is 5.82 Å². The molecule has 1 saturated heterocycles. The second-order valence-corrected chi connectivity index (χ2v) is 6.75. The molecule has 1 aliphatic rings. The summed E-state index contributed by atoms with van der Waals surface area (Å²) in [6.07, 6.45) is -4.56. The maximum atomic E-state index is 14.4. The Balaban J connectivity index is 0.00000264. The monoisotopic (exact) mass is 354 g/mol. The van der Waals surface area contributed by atoms with E-state index in [9.17, 15) is 17.6 Å². The molecule has 0 unspecified atom stereocenters. The van der Waals surface area contributed by atoms with Crippen molar-refractivity contribution in [3.8, 4) is 0 Å². The molecule has 1 N–H and O–H groups in total. The van der Waals surface area contributed by atoms with Crippen molar-refractivity contribution in [1.82, 2.24) is 10.2 Å². The molecule has 1 heterocycles. The normalized spacial score (nSPS) is 18.4. The van der Waals surface area contributed by atoms with Gasteiger partial charge in [-0.1, -0.05) is 26.8 Å². The lowest BCUT2D eigenvalue weighted by molar-refractivity contribution is -0.139. The first-order chi connectivity index (χ1) is 10.1. The molecule has 23 heavy (non-hydrogen) atoms. The number of piperazine rings is 1. The van der Waals surface area contributed by atoms with Crippen LogP contribution in [0.5, 0.6) is 0 Å². The number of alkyl halides is 3. The summed E-state index contributed by atoms with van der Waals surface area (Å²) in [5, 5.41) is 3.17. The molecule has 1 aromatic rings. The highest BCUT2D eigenvalue weighted by molar-refractivity contribution is 5.85. The number of nitrogens with zero attached hydrogens (tertiary/aromatic N) is 1. The van der Waals surface area contributed by atoms with Crippen LogP contribution in [0.1, 0.15) is 37.9 Å². The second-order valence-electron chi connectivity index (χ2n) is 6.75. The van der Waals surface area contributed by atoms with Crippen molar-refractivity contribution < 1.29 is 17.6 Å². The summed E-state index contributed by atoms with van der Waals surface area (Å²) < 4.78 is 54.4. The summed E-state index contributed by atoms with van der Waals surface area (Å²) in [6, 6.07) is 2.59. The molecule has 0 saturated carbocycles. The lowest BCUT2D eigenvalue weighted by atomic mass is 9.79. The molecule has 0 radical (unpaired) electrons. The van der Waals surface area contributed by atoms with Crippen molar-refractivity contribution in [2.75, 3.05) is 26.2 Å². The van der Waals surface area contributed by atoms with Crippen molar-refractivity contribution in [2.45, 2.75) is 33.0 Å².